The quantitative estimate of drug-likeness (QED) is 0.412. The van der Waals surface area contributed by atoms with Crippen LogP contribution in [0.25, 0.3) is 11.1 Å². The molecule has 1 aromatic heterocycles. The number of halogens is 3. The topological polar surface area (TPSA) is 80.9 Å². The average Bonchev–Trinajstić information content (AvgIpc) is 2.92. The van der Waals surface area contributed by atoms with E-state index in [0.29, 0.717) is 37.2 Å². The Balaban J connectivity index is 1.68. The van der Waals surface area contributed by atoms with Crippen molar-refractivity contribution >= 4 is 17.3 Å². The zero-order valence-electron chi connectivity index (χ0n) is 22.8. The van der Waals surface area contributed by atoms with Crippen LogP contribution in [-0.4, -0.2) is 81.2 Å². The van der Waals surface area contributed by atoms with Crippen LogP contribution in [0, 0.1) is 0 Å². The van der Waals surface area contributed by atoms with Crippen LogP contribution in [0.3, 0.4) is 0 Å². The van der Waals surface area contributed by atoms with Crippen LogP contribution >= 0.6 is 0 Å². The Labute approximate surface area is 231 Å². The monoisotopic (exact) mass is 557 g/mol. The molecule has 0 aliphatic carbocycles. The second-order valence-corrected chi connectivity index (χ2v) is 10.1. The number of aromatic nitrogens is 1. The zero-order valence-corrected chi connectivity index (χ0v) is 22.8. The molecule has 11 heteroatoms. The number of nitrogens with one attached hydrogen (secondary N) is 2. The van der Waals surface area contributed by atoms with Gasteiger partial charge in [0.05, 0.1) is 35.7 Å². The highest BCUT2D eigenvalue weighted by Crippen LogP contribution is 2.34. The third kappa shape index (κ3) is 7.50. The first-order valence-electron chi connectivity index (χ1n) is 13.0. The van der Waals surface area contributed by atoms with Crippen molar-refractivity contribution in [2.75, 3.05) is 70.8 Å². The molecule has 214 valence electrons. The highest BCUT2D eigenvalue weighted by Gasteiger charge is 2.36. The predicted molar refractivity (Wildman–Crippen MR) is 150 cm³/mol. The number of carbonyl (C=O) groups excluding carboxylic acids is 1. The van der Waals surface area contributed by atoms with Gasteiger partial charge in [-0.1, -0.05) is 24.3 Å². The minimum absolute atomic E-state index is 0.363. The first-order chi connectivity index (χ1) is 19.0. The summed E-state index contributed by atoms with van der Waals surface area (Å²) in [6.45, 7) is 5.26. The number of aromatic amines is 1. The SMILES string of the molecule is CN(C)CCN(C)c1ccc(-c2cccc(CN3CCOCC3)c2)cc1NC(=O)c1c[nH]c(=O)cc1C(F)(F)F. The lowest BCUT2D eigenvalue weighted by molar-refractivity contribution is -0.138. The van der Waals surface area contributed by atoms with E-state index in [1.54, 1.807) is 6.07 Å². The summed E-state index contributed by atoms with van der Waals surface area (Å²) in [5.41, 5.74) is 0.982. The number of H-pyrrole nitrogens is 1. The van der Waals surface area contributed by atoms with Crippen LogP contribution in [0.5, 0.6) is 0 Å². The largest absolute Gasteiger partial charge is 0.417 e. The van der Waals surface area contributed by atoms with Gasteiger partial charge in [-0.2, -0.15) is 13.2 Å². The molecule has 1 amide bonds. The molecule has 2 N–H and O–H groups in total. The van der Waals surface area contributed by atoms with Crippen LogP contribution in [0.1, 0.15) is 21.5 Å². The number of alkyl halides is 3. The van der Waals surface area contributed by atoms with Gasteiger partial charge in [-0.25, -0.2) is 0 Å². The molecule has 0 spiro atoms. The number of hydrogen-bond donors (Lipinski definition) is 2. The van der Waals surface area contributed by atoms with Crippen LogP contribution in [0.15, 0.2) is 59.5 Å². The highest BCUT2D eigenvalue weighted by molar-refractivity contribution is 6.07. The third-order valence-corrected chi connectivity index (χ3v) is 6.78. The Kier molecular flexibility index (Phi) is 9.28. The van der Waals surface area contributed by atoms with Gasteiger partial charge in [-0.3, -0.25) is 14.5 Å². The zero-order chi connectivity index (χ0) is 28.9. The molecule has 0 saturated carbocycles. The number of nitrogens with zero attached hydrogens (tertiary/aromatic N) is 3. The number of carbonyl (C=O) groups is 1. The van der Waals surface area contributed by atoms with E-state index >= 15 is 0 Å². The molecule has 8 nitrogen and oxygen atoms in total. The van der Waals surface area contributed by atoms with E-state index in [4.69, 9.17) is 4.74 Å². The number of amides is 1. The van der Waals surface area contributed by atoms with Crippen LogP contribution < -0.4 is 15.8 Å². The van der Waals surface area contributed by atoms with Gasteiger partial charge in [-0.15, -0.1) is 0 Å². The summed E-state index contributed by atoms with van der Waals surface area (Å²) >= 11 is 0. The molecule has 4 rings (SSSR count). The number of morpholine rings is 1. The Morgan fingerprint density at radius 2 is 1.75 bits per heavy atom. The van der Waals surface area contributed by atoms with E-state index in [-0.39, 0.29) is 0 Å². The Morgan fingerprint density at radius 3 is 2.45 bits per heavy atom. The molecule has 0 atom stereocenters. The number of likely N-dealkylation sites (N-methyl/N-ethyl adjacent to an activating group) is 2. The van der Waals surface area contributed by atoms with E-state index in [0.717, 1.165) is 49.1 Å². The number of pyridine rings is 1. The van der Waals surface area contributed by atoms with Gasteiger partial charge in [0.1, 0.15) is 0 Å². The van der Waals surface area contributed by atoms with Crippen molar-refractivity contribution < 1.29 is 22.7 Å². The Hall–Kier alpha value is -3.67. The van der Waals surface area contributed by atoms with Gasteiger partial charge in [0.15, 0.2) is 0 Å². The van der Waals surface area contributed by atoms with Crippen molar-refractivity contribution in [1.82, 2.24) is 14.8 Å². The van der Waals surface area contributed by atoms with E-state index < -0.39 is 28.8 Å². The molecule has 0 unspecified atom stereocenters. The number of ether oxygens (including phenoxy) is 1. The molecule has 1 fully saturated rings. The van der Waals surface area contributed by atoms with E-state index in [1.807, 2.05) is 55.2 Å². The summed E-state index contributed by atoms with van der Waals surface area (Å²) < 4.78 is 46.4. The summed E-state index contributed by atoms with van der Waals surface area (Å²) in [4.78, 5) is 33.2. The molecule has 1 aliphatic heterocycles. The second kappa shape index (κ2) is 12.7. The third-order valence-electron chi connectivity index (χ3n) is 6.78. The molecule has 1 aliphatic rings. The van der Waals surface area contributed by atoms with Crippen molar-refractivity contribution in [3.05, 3.63) is 81.8 Å². The maximum absolute atomic E-state index is 13.6. The van der Waals surface area contributed by atoms with Crippen LogP contribution in [-0.2, 0) is 17.5 Å². The Morgan fingerprint density at radius 1 is 1.02 bits per heavy atom. The van der Waals surface area contributed by atoms with Crippen molar-refractivity contribution in [2.24, 2.45) is 0 Å². The summed E-state index contributed by atoms with van der Waals surface area (Å²) in [6, 6.07) is 14.0. The normalized spacial score (nSPS) is 14.4. The molecule has 1 saturated heterocycles. The van der Waals surface area contributed by atoms with Gasteiger partial charge >= 0.3 is 6.18 Å². The fourth-order valence-corrected chi connectivity index (χ4v) is 4.57. The standard InChI is InChI=1S/C29H34F3N5O3/c1-35(2)9-10-36(3)26-8-7-22(21-6-4-5-20(15-21)19-37-11-13-40-14-12-37)16-25(26)34-28(39)23-18-33-27(38)17-24(23)29(30,31)32/h4-8,15-18H,9-14,19H2,1-3H3,(H,33,38)(H,34,39). The van der Waals surface area contributed by atoms with Crippen LogP contribution in [0.4, 0.5) is 24.5 Å². The first kappa shape index (κ1) is 29.3. The minimum Gasteiger partial charge on any atom is -0.379 e. The van der Waals surface area contributed by atoms with Gasteiger partial charge in [0.2, 0.25) is 5.56 Å². The van der Waals surface area contributed by atoms with Gasteiger partial charge in [0.25, 0.3) is 5.91 Å². The van der Waals surface area contributed by atoms with Gasteiger partial charge < -0.3 is 24.8 Å². The molecule has 2 aromatic carbocycles. The molecular weight excluding hydrogens is 523 g/mol. The average molecular weight is 558 g/mol. The lowest BCUT2D eigenvalue weighted by Crippen LogP contribution is -2.35. The smallest absolute Gasteiger partial charge is 0.379 e. The summed E-state index contributed by atoms with van der Waals surface area (Å²) in [5, 5.41) is 2.68. The van der Waals surface area contributed by atoms with Crippen molar-refractivity contribution in [3.8, 4) is 11.1 Å². The molecule has 0 bridgehead atoms. The van der Waals surface area contributed by atoms with Gasteiger partial charge in [0, 0.05) is 52.0 Å². The van der Waals surface area contributed by atoms with Crippen molar-refractivity contribution in [1.29, 1.82) is 0 Å². The second-order valence-electron chi connectivity index (χ2n) is 10.1. The summed E-state index contributed by atoms with van der Waals surface area (Å²) in [5.74, 6) is -0.968. The molecule has 2 heterocycles. The van der Waals surface area contributed by atoms with Crippen molar-refractivity contribution in [2.45, 2.75) is 12.7 Å². The fourth-order valence-electron chi connectivity index (χ4n) is 4.57. The summed E-state index contributed by atoms with van der Waals surface area (Å²) in [7, 11) is 5.75. The number of anilines is 2. The van der Waals surface area contributed by atoms with E-state index in [9.17, 15) is 22.8 Å². The molecule has 40 heavy (non-hydrogen) atoms. The Bertz CT molecular complexity index is 1380. The number of rotatable bonds is 9. The van der Waals surface area contributed by atoms with Crippen LogP contribution in [0.2, 0.25) is 0 Å². The maximum atomic E-state index is 13.6. The van der Waals surface area contributed by atoms with Gasteiger partial charge in [-0.05, 0) is 49.0 Å². The first-order valence-corrected chi connectivity index (χ1v) is 13.0. The van der Waals surface area contributed by atoms with E-state index in [2.05, 4.69) is 27.3 Å². The molecule has 0 radical (unpaired) electrons. The minimum atomic E-state index is -4.87. The molecular formula is C29H34F3N5O3. The number of benzene rings is 2. The molecule has 3 aromatic rings. The highest BCUT2D eigenvalue weighted by atomic mass is 19.4. The summed E-state index contributed by atoms with van der Waals surface area (Å²) in [6.07, 6.45) is -4.07. The van der Waals surface area contributed by atoms with E-state index in [1.165, 1.54) is 0 Å². The number of hydrogen-bond acceptors (Lipinski definition) is 6. The predicted octanol–water partition coefficient (Wildman–Crippen LogP) is 4.14. The van der Waals surface area contributed by atoms with Crippen molar-refractivity contribution in [3.63, 3.8) is 0 Å². The lowest BCUT2D eigenvalue weighted by atomic mass is 10.0. The maximum Gasteiger partial charge on any atom is 0.417 e. The fraction of sp³-hybridized carbons (Fsp3) is 0.379. The lowest BCUT2D eigenvalue weighted by Gasteiger charge is -2.27.